The minimum absolute atomic E-state index is 0.226. The Morgan fingerprint density at radius 3 is 2.65 bits per heavy atom. The summed E-state index contributed by atoms with van der Waals surface area (Å²) in [5, 5.41) is 0. The van der Waals surface area contributed by atoms with Crippen molar-refractivity contribution < 1.29 is 4.74 Å². The molecule has 0 aliphatic carbocycles. The van der Waals surface area contributed by atoms with Gasteiger partial charge in [-0.25, -0.2) is 9.97 Å². The van der Waals surface area contributed by atoms with E-state index in [-0.39, 0.29) is 5.41 Å². The van der Waals surface area contributed by atoms with Gasteiger partial charge >= 0.3 is 0 Å². The van der Waals surface area contributed by atoms with E-state index >= 15 is 0 Å². The Labute approximate surface area is 103 Å². The van der Waals surface area contributed by atoms with Crippen molar-refractivity contribution in [3.8, 4) is 0 Å². The summed E-state index contributed by atoms with van der Waals surface area (Å²) < 4.78 is 5.35. The lowest BCUT2D eigenvalue weighted by Gasteiger charge is -2.28. The van der Waals surface area contributed by atoms with E-state index in [4.69, 9.17) is 4.74 Å². The second-order valence-corrected chi connectivity index (χ2v) is 5.67. The van der Waals surface area contributed by atoms with E-state index < -0.39 is 0 Å². The van der Waals surface area contributed by atoms with Gasteiger partial charge in [0.25, 0.3) is 0 Å². The molecule has 1 aliphatic heterocycles. The predicted octanol–water partition coefficient (Wildman–Crippen LogP) is 1.90. The maximum Gasteiger partial charge on any atom is 0.132 e. The third kappa shape index (κ3) is 3.66. The van der Waals surface area contributed by atoms with Gasteiger partial charge in [-0.05, 0) is 11.5 Å². The van der Waals surface area contributed by atoms with Crippen molar-refractivity contribution in [1.29, 1.82) is 0 Å². The molecule has 0 atom stereocenters. The number of hydrogen-bond donors (Lipinski definition) is 0. The van der Waals surface area contributed by atoms with Crippen molar-refractivity contribution in [3.63, 3.8) is 0 Å². The molecule has 4 heteroatoms. The van der Waals surface area contributed by atoms with Crippen LogP contribution in [-0.4, -0.2) is 36.3 Å². The van der Waals surface area contributed by atoms with E-state index in [0.717, 1.165) is 44.4 Å². The van der Waals surface area contributed by atoms with Crippen LogP contribution in [0.15, 0.2) is 12.3 Å². The van der Waals surface area contributed by atoms with Gasteiger partial charge in [0, 0.05) is 25.7 Å². The summed E-state index contributed by atoms with van der Waals surface area (Å²) in [7, 11) is 0. The van der Waals surface area contributed by atoms with E-state index in [1.807, 2.05) is 12.3 Å². The van der Waals surface area contributed by atoms with Crippen LogP contribution >= 0.6 is 0 Å². The summed E-state index contributed by atoms with van der Waals surface area (Å²) in [4.78, 5) is 11.3. The van der Waals surface area contributed by atoms with Crippen LogP contribution < -0.4 is 4.90 Å². The number of ether oxygens (including phenoxy) is 1. The SMILES string of the molecule is CC(C)(C)Cc1nccc(N2CCOCC2)n1. The second-order valence-electron chi connectivity index (χ2n) is 5.67. The Morgan fingerprint density at radius 1 is 1.29 bits per heavy atom. The Hall–Kier alpha value is -1.16. The smallest absolute Gasteiger partial charge is 0.132 e. The van der Waals surface area contributed by atoms with Crippen LogP contribution in [0, 0.1) is 5.41 Å². The van der Waals surface area contributed by atoms with Gasteiger partial charge in [0.2, 0.25) is 0 Å². The molecule has 0 bridgehead atoms. The fourth-order valence-corrected chi connectivity index (χ4v) is 1.92. The van der Waals surface area contributed by atoms with Crippen molar-refractivity contribution >= 4 is 5.82 Å². The standard InChI is InChI=1S/C13H21N3O/c1-13(2,3)10-11-14-5-4-12(15-11)16-6-8-17-9-7-16/h4-5H,6-10H2,1-3H3. The Morgan fingerprint density at radius 2 is 2.00 bits per heavy atom. The molecule has 2 heterocycles. The maximum absolute atomic E-state index is 5.35. The molecule has 0 spiro atoms. The van der Waals surface area contributed by atoms with Crippen LogP contribution in [0.2, 0.25) is 0 Å². The zero-order chi connectivity index (χ0) is 12.3. The first-order chi connectivity index (χ1) is 8.04. The third-order valence-electron chi connectivity index (χ3n) is 2.71. The molecule has 1 aromatic rings. The van der Waals surface area contributed by atoms with Gasteiger partial charge in [-0.15, -0.1) is 0 Å². The number of morpholine rings is 1. The molecule has 1 saturated heterocycles. The van der Waals surface area contributed by atoms with Crippen molar-refractivity contribution in [2.24, 2.45) is 5.41 Å². The first-order valence-electron chi connectivity index (χ1n) is 6.19. The first kappa shape index (κ1) is 12.3. The molecule has 0 aromatic carbocycles. The van der Waals surface area contributed by atoms with E-state index in [2.05, 4.69) is 35.6 Å². The molecule has 0 saturated carbocycles. The van der Waals surface area contributed by atoms with Gasteiger partial charge in [-0.1, -0.05) is 20.8 Å². The van der Waals surface area contributed by atoms with Crippen molar-refractivity contribution in [1.82, 2.24) is 9.97 Å². The van der Waals surface area contributed by atoms with Crippen LogP contribution in [0.1, 0.15) is 26.6 Å². The fourth-order valence-electron chi connectivity index (χ4n) is 1.92. The topological polar surface area (TPSA) is 38.2 Å². The van der Waals surface area contributed by atoms with Crippen molar-refractivity contribution in [3.05, 3.63) is 18.1 Å². The summed E-state index contributed by atoms with van der Waals surface area (Å²) in [6.45, 7) is 10.0. The van der Waals surface area contributed by atoms with Crippen LogP contribution in [0.3, 0.4) is 0 Å². The zero-order valence-corrected chi connectivity index (χ0v) is 10.9. The normalized spacial score (nSPS) is 17.2. The van der Waals surface area contributed by atoms with Crippen molar-refractivity contribution in [2.75, 3.05) is 31.2 Å². The molecule has 94 valence electrons. The first-order valence-corrected chi connectivity index (χ1v) is 6.19. The average molecular weight is 235 g/mol. The van der Waals surface area contributed by atoms with Crippen LogP contribution in [0.25, 0.3) is 0 Å². The molecule has 1 aromatic heterocycles. The molecule has 17 heavy (non-hydrogen) atoms. The van der Waals surface area contributed by atoms with Gasteiger partial charge < -0.3 is 9.64 Å². The summed E-state index contributed by atoms with van der Waals surface area (Å²) >= 11 is 0. The summed E-state index contributed by atoms with van der Waals surface area (Å²) in [5.41, 5.74) is 0.226. The summed E-state index contributed by atoms with van der Waals surface area (Å²) in [6, 6.07) is 1.98. The van der Waals surface area contributed by atoms with Gasteiger partial charge in [-0.3, -0.25) is 0 Å². The maximum atomic E-state index is 5.35. The number of rotatable bonds is 2. The quantitative estimate of drug-likeness (QED) is 0.784. The molecule has 4 nitrogen and oxygen atoms in total. The molecule has 0 radical (unpaired) electrons. The summed E-state index contributed by atoms with van der Waals surface area (Å²) in [5.74, 6) is 1.96. The number of anilines is 1. The minimum atomic E-state index is 0.226. The molecule has 0 amide bonds. The lowest BCUT2D eigenvalue weighted by atomic mass is 9.92. The number of nitrogens with zero attached hydrogens (tertiary/aromatic N) is 3. The molecule has 1 fully saturated rings. The Kier molecular flexibility index (Phi) is 3.62. The number of hydrogen-bond acceptors (Lipinski definition) is 4. The highest BCUT2D eigenvalue weighted by Gasteiger charge is 2.16. The summed E-state index contributed by atoms with van der Waals surface area (Å²) in [6.07, 6.45) is 2.77. The predicted molar refractivity (Wildman–Crippen MR) is 68.2 cm³/mol. The van der Waals surface area contributed by atoms with Gasteiger partial charge in [0.15, 0.2) is 0 Å². The molecule has 0 unspecified atom stereocenters. The molecule has 0 N–H and O–H groups in total. The lowest BCUT2D eigenvalue weighted by molar-refractivity contribution is 0.122. The Balaban J connectivity index is 2.10. The van der Waals surface area contributed by atoms with E-state index in [1.54, 1.807) is 0 Å². The highest BCUT2D eigenvalue weighted by Crippen LogP contribution is 2.20. The van der Waals surface area contributed by atoms with Crippen LogP contribution in [0.5, 0.6) is 0 Å². The van der Waals surface area contributed by atoms with Gasteiger partial charge in [0.05, 0.1) is 13.2 Å². The second kappa shape index (κ2) is 5.00. The molecule has 2 rings (SSSR count). The van der Waals surface area contributed by atoms with E-state index in [9.17, 15) is 0 Å². The zero-order valence-electron chi connectivity index (χ0n) is 10.9. The molecular weight excluding hydrogens is 214 g/mol. The third-order valence-corrected chi connectivity index (χ3v) is 2.71. The average Bonchev–Trinajstić information content (AvgIpc) is 2.28. The Bertz CT molecular complexity index is 367. The van der Waals surface area contributed by atoms with Crippen LogP contribution in [0.4, 0.5) is 5.82 Å². The van der Waals surface area contributed by atoms with Gasteiger partial charge in [-0.2, -0.15) is 0 Å². The monoisotopic (exact) mass is 235 g/mol. The fraction of sp³-hybridized carbons (Fsp3) is 0.692. The van der Waals surface area contributed by atoms with Crippen LogP contribution in [-0.2, 0) is 11.2 Å². The highest BCUT2D eigenvalue weighted by atomic mass is 16.5. The van der Waals surface area contributed by atoms with E-state index in [0.29, 0.717) is 0 Å². The minimum Gasteiger partial charge on any atom is -0.378 e. The largest absolute Gasteiger partial charge is 0.378 e. The van der Waals surface area contributed by atoms with E-state index in [1.165, 1.54) is 0 Å². The van der Waals surface area contributed by atoms with Crippen molar-refractivity contribution in [2.45, 2.75) is 27.2 Å². The van der Waals surface area contributed by atoms with Gasteiger partial charge in [0.1, 0.15) is 11.6 Å². The lowest BCUT2D eigenvalue weighted by Crippen LogP contribution is -2.37. The molecular formula is C13H21N3O. The number of aromatic nitrogens is 2. The molecule has 1 aliphatic rings. The highest BCUT2D eigenvalue weighted by molar-refractivity contribution is 5.37.